The molecule has 2 aromatic carbocycles. The molecule has 1 aromatic heterocycles. The van der Waals surface area contributed by atoms with E-state index in [0.717, 1.165) is 0 Å². The first kappa shape index (κ1) is 23.0. The van der Waals surface area contributed by atoms with Gasteiger partial charge in [-0.2, -0.15) is 13.2 Å². The molecular weight excluding hydrogens is 461 g/mol. The van der Waals surface area contributed by atoms with Crippen LogP contribution in [0.4, 0.5) is 13.2 Å². The molecule has 0 bridgehead atoms. The monoisotopic (exact) mass is 477 g/mol. The second kappa shape index (κ2) is 8.85. The van der Waals surface area contributed by atoms with E-state index in [2.05, 4.69) is 4.98 Å². The van der Waals surface area contributed by atoms with Gasteiger partial charge in [0.25, 0.3) is 0 Å². The highest BCUT2D eigenvalue weighted by Crippen LogP contribution is 2.53. The van der Waals surface area contributed by atoms with Gasteiger partial charge in [-0.3, -0.25) is 4.57 Å². The average Bonchev–Trinajstić information content (AvgIpc) is 2.67. The van der Waals surface area contributed by atoms with Gasteiger partial charge < -0.3 is 9.05 Å². The van der Waals surface area contributed by atoms with Crippen molar-refractivity contribution in [2.45, 2.75) is 20.0 Å². The molecule has 0 saturated heterocycles. The molecule has 0 atom stereocenters. The van der Waals surface area contributed by atoms with E-state index < -0.39 is 24.8 Å². The van der Waals surface area contributed by atoms with Crippen LogP contribution in [0.25, 0.3) is 22.0 Å². The Morgan fingerprint density at radius 3 is 2.23 bits per heavy atom. The summed E-state index contributed by atoms with van der Waals surface area (Å²) < 4.78 is 66.6. The van der Waals surface area contributed by atoms with E-state index in [1.54, 1.807) is 12.1 Å². The minimum atomic E-state index is -4.93. The van der Waals surface area contributed by atoms with Crippen molar-refractivity contribution >= 4 is 47.0 Å². The van der Waals surface area contributed by atoms with Crippen molar-refractivity contribution in [3.8, 4) is 11.1 Å². The fourth-order valence-corrected chi connectivity index (χ4v) is 5.50. The summed E-state index contributed by atoms with van der Waals surface area (Å²) >= 11 is 12.5. The van der Waals surface area contributed by atoms with Crippen molar-refractivity contribution in [3.63, 3.8) is 0 Å². The molecule has 0 fully saturated rings. The summed E-state index contributed by atoms with van der Waals surface area (Å²) in [6.45, 7) is 2.76. The molecule has 0 aliphatic rings. The number of hydrogen-bond acceptors (Lipinski definition) is 4. The van der Waals surface area contributed by atoms with Gasteiger partial charge in [-0.05, 0) is 38.1 Å². The molecular formula is C20H17Cl2F3NO3P. The molecule has 160 valence electrons. The largest absolute Gasteiger partial charge is 0.434 e. The first-order chi connectivity index (χ1) is 14.1. The molecule has 0 aliphatic carbocycles. The maximum absolute atomic E-state index is 14.1. The van der Waals surface area contributed by atoms with Gasteiger partial charge in [-0.1, -0.05) is 41.4 Å². The molecule has 0 spiro atoms. The maximum atomic E-state index is 14.1. The minimum Gasteiger partial charge on any atom is -0.305 e. The third-order valence-electron chi connectivity index (χ3n) is 4.20. The SMILES string of the molecule is CCOP(=O)(OCC)c1c(C(F)(F)F)nc2ccc(Cl)cc2c1-c1ccccc1Cl. The first-order valence-electron chi connectivity index (χ1n) is 8.97. The Kier molecular flexibility index (Phi) is 6.80. The summed E-state index contributed by atoms with van der Waals surface area (Å²) in [5.41, 5.74) is -1.14. The second-order valence-corrected chi connectivity index (χ2v) is 8.96. The van der Waals surface area contributed by atoms with Gasteiger partial charge in [0.05, 0.1) is 18.7 Å². The molecule has 0 amide bonds. The van der Waals surface area contributed by atoms with Gasteiger partial charge >= 0.3 is 13.8 Å². The smallest absolute Gasteiger partial charge is 0.305 e. The Balaban J connectivity index is 2.61. The zero-order valence-corrected chi connectivity index (χ0v) is 18.4. The molecule has 0 saturated carbocycles. The van der Waals surface area contributed by atoms with Crippen LogP contribution >= 0.6 is 30.8 Å². The van der Waals surface area contributed by atoms with Gasteiger partial charge in [-0.15, -0.1) is 0 Å². The van der Waals surface area contributed by atoms with Crippen LogP contribution in [0.5, 0.6) is 0 Å². The van der Waals surface area contributed by atoms with Crippen molar-refractivity contribution in [2.24, 2.45) is 0 Å². The van der Waals surface area contributed by atoms with Crippen LogP contribution in [0.1, 0.15) is 19.5 Å². The van der Waals surface area contributed by atoms with Crippen LogP contribution in [0, 0.1) is 0 Å². The number of halogens is 5. The summed E-state index contributed by atoms with van der Waals surface area (Å²) in [5, 5.41) is 0.00431. The third kappa shape index (κ3) is 4.36. The lowest BCUT2D eigenvalue weighted by atomic mass is 9.99. The summed E-state index contributed by atoms with van der Waals surface area (Å²) in [5.74, 6) is 0. The van der Waals surface area contributed by atoms with Gasteiger partial charge in [0, 0.05) is 26.6 Å². The van der Waals surface area contributed by atoms with E-state index in [1.807, 2.05) is 0 Å². The topological polar surface area (TPSA) is 48.4 Å². The second-order valence-electron chi connectivity index (χ2n) is 6.16. The molecule has 4 nitrogen and oxygen atoms in total. The van der Waals surface area contributed by atoms with Crippen molar-refractivity contribution in [2.75, 3.05) is 13.2 Å². The van der Waals surface area contributed by atoms with Crippen molar-refractivity contribution in [1.82, 2.24) is 4.98 Å². The standard InChI is InChI=1S/C20H17Cl2F3NO3P/c1-3-28-30(27,29-4-2)18-17(13-7-5-6-8-15(13)22)14-11-12(21)9-10-16(14)26-19(18)20(23,24)25/h5-11H,3-4H2,1-2H3. The minimum absolute atomic E-state index is 0.0185. The van der Waals surface area contributed by atoms with E-state index in [1.165, 1.54) is 44.2 Å². The normalized spacial score (nSPS) is 12.5. The van der Waals surface area contributed by atoms with Crippen LogP contribution in [-0.2, 0) is 19.8 Å². The summed E-state index contributed by atoms with van der Waals surface area (Å²) in [6.07, 6.45) is -4.93. The van der Waals surface area contributed by atoms with Crippen molar-refractivity contribution in [1.29, 1.82) is 0 Å². The van der Waals surface area contributed by atoms with E-state index in [9.17, 15) is 17.7 Å². The number of fused-ring (bicyclic) bond motifs is 1. The summed E-state index contributed by atoms with van der Waals surface area (Å²) in [4.78, 5) is 3.78. The number of benzene rings is 2. The molecule has 10 heteroatoms. The maximum Gasteiger partial charge on any atom is 0.434 e. The molecule has 0 aliphatic heterocycles. The fourth-order valence-electron chi connectivity index (χ4n) is 3.13. The molecule has 0 radical (unpaired) electrons. The van der Waals surface area contributed by atoms with Gasteiger partial charge in [0.15, 0.2) is 5.69 Å². The Labute approximate surface area is 181 Å². The van der Waals surface area contributed by atoms with Crippen LogP contribution in [0.2, 0.25) is 10.0 Å². The summed E-state index contributed by atoms with van der Waals surface area (Å²) in [7, 11) is -4.43. The Hall–Kier alpha value is -1.63. The highest BCUT2D eigenvalue weighted by Gasteiger charge is 2.45. The fraction of sp³-hybridized carbons (Fsp3) is 0.250. The predicted octanol–water partition coefficient (Wildman–Crippen LogP) is 7.12. The van der Waals surface area contributed by atoms with Gasteiger partial charge in [0.2, 0.25) is 0 Å². The van der Waals surface area contributed by atoms with Gasteiger partial charge in [0.1, 0.15) is 5.30 Å². The zero-order valence-electron chi connectivity index (χ0n) is 16.0. The van der Waals surface area contributed by atoms with E-state index in [-0.39, 0.29) is 45.3 Å². The van der Waals surface area contributed by atoms with Crippen LogP contribution in [0.15, 0.2) is 42.5 Å². The Morgan fingerprint density at radius 2 is 1.67 bits per heavy atom. The summed E-state index contributed by atoms with van der Waals surface area (Å²) in [6, 6.07) is 10.6. The lowest BCUT2D eigenvalue weighted by molar-refractivity contribution is -0.140. The lowest BCUT2D eigenvalue weighted by Gasteiger charge is -2.25. The van der Waals surface area contributed by atoms with E-state index in [0.29, 0.717) is 0 Å². The molecule has 0 unspecified atom stereocenters. The molecule has 3 rings (SSSR count). The number of alkyl halides is 3. The van der Waals surface area contributed by atoms with Crippen molar-refractivity contribution in [3.05, 3.63) is 58.2 Å². The number of pyridine rings is 1. The number of aromatic nitrogens is 1. The van der Waals surface area contributed by atoms with Crippen LogP contribution < -0.4 is 5.30 Å². The number of rotatable bonds is 6. The zero-order chi connectivity index (χ0) is 22.1. The van der Waals surface area contributed by atoms with Gasteiger partial charge in [-0.25, -0.2) is 4.98 Å². The van der Waals surface area contributed by atoms with Crippen molar-refractivity contribution < 1.29 is 26.8 Å². The molecule has 1 heterocycles. The highest BCUT2D eigenvalue weighted by molar-refractivity contribution is 7.62. The third-order valence-corrected chi connectivity index (χ3v) is 6.95. The lowest BCUT2D eigenvalue weighted by Crippen LogP contribution is -2.26. The van der Waals surface area contributed by atoms with E-state index in [4.69, 9.17) is 32.2 Å². The molecule has 30 heavy (non-hydrogen) atoms. The van der Waals surface area contributed by atoms with E-state index >= 15 is 0 Å². The average molecular weight is 478 g/mol. The number of hydrogen-bond donors (Lipinski definition) is 0. The highest BCUT2D eigenvalue weighted by atomic mass is 35.5. The van der Waals surface area contributed by atoms with Crippen LogP contribution in [-0.4, -0.2) is 18.2 Å². The number of nitrogens with zero attached hydrogens (tertiary/aromatic N) is 1. The quantitative estimate of drug-likeness (QED) is 0.354. The first-order valence-corrected chi connectivity index (χ1v) is 11.3. The predicted molar refractivity (Wildman–Crippen MR) is 113 cm³/mol. The molecule has 0 N–H and O–H groups in total. The Bertz CT molecular complexity index is 1130. The van der Waals surface area contributed by atoms with Crippen LogP contribution in [0.3, 0.4) is 0 Å². The Morgan fingerprint density at radius 1 is 1.03 bits per heavy atom. The molecule has 3 aromatic rings.